The molecule has 0 spiro atoms. The van der Waals surface area contributed by atoms with Crippen LogP contribution in [0.15, 0.2) is 164 Å². The highest BCUT2D eigenvalue weighted by Crippen LogP contribution is 2.35. The van der Waals surface area contributed by atoms with Gasteiger partial charge in [0.2, 0.25) is 0 Å². The van der Waals surface area contributed by atoms with Crippen LogP contribution in [0.4, 0.5) is 0 Å². The first-order valence-electron chi connectivity index (χ1n) is 15.7. The molecule has 0 aliphatic rings. The van der Waals surface area contributed by atoms with Gasteiger partial charge in [-0.1, -0.05) is 121 Å². The Bertz CT molecular complexity index is 2490. The van der Waals surface area contributed by atoms with Crippen LogP contribution < -0.4 is 4.57 Å². The summed E-state index contributed by atoms with van der Waals surface area (Å²) in [5.74, 6) is 2.99. The van der Waals surface area contributed by atoms with Crippen LogP contribution >= 0.6 is 0 Å². The summed E-state index contributed by atoms with van der Waals surface area (Å²) in [5.41, 5.74) is 7.30. The van der Waals surface area contributed by atoms with Crippen molar-refractivity contribution in [2.24, 2.45) is 0 Å². The van der Waals surface area contributed by atoms with Crippen molar-refractivity contribution in [3.05, 3.63) is 164 Å². The first kappa shape index (κ1) is 26.9. The number of benzene rings is 7. The van der Waals surface area contributed by atoms with Gasteiger partial charge in [-0.15, -0.1) is 0 Å². The number of rotatable bonds is 5. The molecule has 1 N–H and O–H groups in total. The van der Waals surface area contributed by atoms with Gasteiger partial charge in [-0.05, 0) is 58.6 Å². The van der Waals surface area contributed by atoms with E-state index in [0.717, 1.165) is 50.2 Å². The molecule has 220 valence electrons. The Morgan fingerprint density at radius 1 is 0.426 bits per heavy atom. The molecule has 0 saturated heterocycles. The zero-order valence-corrected chi connectivity index (χ0v) is 25.4. The van der Waals surface area contributed by atoms with E-state index in [1.165, 1.54) is 16.2 Å². The van der Waals surface area contributed by atoms with Crippen LogP contribution in [0.1, 0.15) is 0 Å². The fourth-order valence-corrected chi connectivity index (χ4v) is 6.47. The molecule has 0 bridgehead atoms. The van der Waals surface area contributed by atoms with Gasteiger partial charge in [0.05, 0.1) is 5.56 Å². The van der Waals surface area contributed by atoms with Crippen molar-refractivity contribution < 1.29 is 4.57 Å². The predicted molar refractivity (Wildman–Crippen MR) is 190 cm³/mol. The summed E-state index contributed by atoms with van der Waals surface area (Å²) in [7, 11) is 0. The molecule has 0 amide bonds. The summed E-state index contributed by atoms with van der Waals surface area (Å²) in [4.78, 5) is 18.6. The van der Waals surface area contributed by atoms with Crippen LogP contribution in [-0.4, -0.2) is 19.9 Å². The normalized spacial score (nSPS) is 11.4. The average molecular weight is 603 g/mol. The molecule has 2 heterocycles. The Morgan fingerprint density at radius 3 is 1.55 bits per heavy atom. The van der Waals surface area contributed by atoms with E-state index in [1.807, 2.05) is 60.7 Å². The lowest BCUT2D eigenvalue weighted by atomic mass is 9.98. The first-order chi connectivity index (χ1) is 23.3. The monoisotopic (exact) mass is 602 g/mol. The number of hydrogen-bond donors (Lipinski definition) is 1. The topological polar surface area (TPSA) is 58.3 Å². The summed E-state index contributed by atoms with van der Waals surface area (Å²) in [5, 5.41) is 4.66. The predicted octanol–water partition coefficient (Wildman–Crippen LogP) is 9.60. The maximum absolute atomic E-state index is 4.98. The van der Waals surface area contributed by atoms with Gasteiger partial charge in [-0.25, -0.2) is 19.9 Å². The number of H-pyrrole nitrogens is 1. The lowest BCUT2D eigenvalue weighted by molar-refractivity contribution is -0.553. The van der Waals surface area contributed by atoms with Crippen molar-refractivity contribution in [3.63, 3.8) is 0 Å². The van der Waals surface area contributed by atoms with Crippen LogP contribution in [0.25, 0.3) is 83.8 Å². The molecule has 0 saturated carbocycles. The molecular formula is C42H28N5+. The lowest BCUT2D eigenvalue weighted by Gasteiger charge is -2.10. The number of hydrogen-bond acceptors (Lipinski definition) is 3. The zero-order valence-electron chi connectivity index (χ0n) is 25.4. The number of nitrogens with zero attached hydrogens (tertiary/aromatic N) is 4. The van der Waals surface area contributed by atoms with E-state index in [0.29, 0.717) is 17.5 Å². The molecule has 2 aromatic heterocycles. The number of aromatic amines is 1. The van der Waals surface area contributed by atoms with Crippen LogP contribution in [0, 0.1) is 0 Å². The Kier molecular flexibility index (Phi) is 6.39. The van der Waals surface area contributed by atoms with Gasteiger partial charge in [0.1, 0.15) is 5.69 Å². The second-order valence-corrected chi connectivity index (χ2v) is 11.6. The molecular weight excluding hydrogens is 574 g/mol. The molecule has 0 unspecified atom stereocenters. The van der Waals surface area contributed by atoms with Gasteiger partial charge in [0.15, 0.2) is 28.5 Å². The third-order valence-electron chi connectivity index (χ3n) is 8.69. The Balaban J connectivity index is 1.28. The fraction of sp³-hybridized carbons (Fsp3) is 0. The third-order valence-corrected chi connectivity index (χ3v) is 8.69. The largest absolute Gasteiger partial charge is 0.292 e. The van der Waals surface area contributed by atoms with Crippen molar-refractivity contribution in [2.45, 2.75) is 0 Å². The van der Waals surface area contributed by atoms with Crippen molar-refractivity contribution in [2.75, 3.05) is 0 Å². The second-order valence-electron chi connectivity index (χ2n) is 11.6. The maximum atomic E-state index is 4.98. The molecule has 0 radical (unpaired) electrons. The van der Waals surface area contributed by atoms with Gasteiger partial charge in [0.25, 0.3) is 5.82 Å². The summed E-state index contributed by atoms with van der Waals surface area (Å²) in [6, 6.07) is 56.6. The molecule has 9 rings (SSSR count). The summed E-state index contributed by atoms with van der Waals surface area (Å²) in [6.45, 7) is 0. The van der Waals surface area contributed by atoms with E-state index in [2.05, 4.69) is 113 Å². The van der Waals surface area contributed by atoms with E-state index in [9.17, 15) is 0 Å². The molecule has 47 heavy (non-hydrogen) atoms. The quantitative estimate of drug-likeness (QED) is 0.158. The summed E-state index contributed by atoms with van der Waals surface area (Å²) in [6.07, 6.45) is 0. The highest BCUT2D eigenvalue weighted by atomic mass is 15.1. The molecule has 0 aliphatic carbocycles. The van der Waals surface area contributed by atoms with Crippen molar-refractivity contribution in [1.29, 1.82) is 0 Å². The van der Waals surface area contributed by atoms with E-state index in [-0.39, 0.29) is 0 Å². The Hall–Kier alpha value is -6.46. The van der Waals surface area contributed by atoms with Crippen LogP contribution in [-0.2, 0) is 0 Å². The highest BCUT2D eigenvalue weighted by Gasteiger charge is 2.25. The third kappa shape index (κ3) is 4.73. The van der Waals surface area contributed by atoms with E-state index in [1.54, 1.807) is 0 Å². The van der Waals surface area contributed by atoms with Crippen LogP contribution in [0.2, 0.25) is 0 Å². The van der Waals surface area contributed by atoms with E-state index < -0.39 is 0 Å². The molecule has 0 aliphatic heterocycles. The van der Waals surface area contributed by atoms with Crippen LogP contribution in [0.3, 0.4) is 0 Å². The minimum atomic E-state index is 0.644. The Morgan fingerprint density at radius 2 is 0.936 bits per heavy atom. The van der Waals surface area contributed by atoms with Crippen molar-refractivity contribution in [1.82, 2.24) is 19.9 Å². The van der Waals surface area contributed by atoms with E-state index in [4.69, 9.17) is 15.0 Å². The fourth-order valence-electron chi connectivity index (χ4n) is 6.47. The molecule has 0 atom stereocenters. The number of aromatic nitrogens is 5. The number of para-hydroxylation sites is 1. The Labute approximate surface area is 271 Å². The summed E-state index contributed by atoms with van der Waals surface area (Å²) >= 11 is 0. The average Bonchev–Trinajstić information content (AvgIpc) is 3.56. The molecule has 0 fully saturated rings. The number of fused-ring (bicyclic) bond motifs is 5. The minimum Gasteiger partial charge on any atom is -0.236 e. The van der Waals surface area contributed by atoms with E-state index >= 15 is 0 Å². The molecule has 5 nitrogen and oxygen atoms in total. The minimum absolute atomic E-state index is 0.644. The van der Waals surface area contributed by atoms with Gasteiger partial charge in [0, 0.05) is 22.1 Å². The van der Waals surface area contributed by atoms with Crippen LogP contribution in [0.5, 0.6) is 0 Å². The molecule has 9 aromatic rings. The molecule has 5 heteroatoms. The van der Waals surface area contributed by atoms with Gasteiger partial charge in [-0.2, -0.15) is 4.57 Å². The number of nitrogens with one attached hydrogen (secondary N) is 1. The smallest absolute Gasteiger partial charge is 0.236 e. The number of imidazole rings is 1. The zero-order chi connectivity index (χ0) is 31.2. The first-order valence-corrected chi connectivity index (χ1v) is 15.7. The van der Waals surface area contributed by atoms with Crippen molar-refractivity contribution in [3.8, 4) is 51.2 Å². The van der Waals surface area contributed by atoms with Crippen molar-refractivity contribution >= 4 is 32.6 Å². The van der Waals surface area contributed by atoms with Gasteiger partial charge >= 0.3 is 0 Å². The van der Waals surface area contributed by atoms with Gasteiger partial charge < -0.3 is 0 Å². The SMILES string of the molecule is c1ccc(-c2nc(-c3ccccc3)nc(-c3ccc4c(ccc5ccc6[nH]c(-c7ccccc7)[n+](-c7ccccc7)c6c54)c3)n2)cc1. The maximum Gasteiger partial charge on any atom is 0.292 e. The molecule has 7 aromatic carbocycles. The standard InChI is InChI=1S/C42H27N5/c1-5-13-29(14-6-1)39-44-40(30-15-7-2-8-16-30)46-41(45-39)33-23-25-35-32(27-33)22-21-28-24-26-36-38(37(28)35)47(34-19-11-4-12-20-34)42(43-36)31-17-9-3-10-18-31/h1-27H/p+1. The lowest BCUT2D eigenvalue weighted by Crippen LogP contribution is -2.32. The summed E-state index contributed by atoms with van der Waals surface area (Å²) < 4.78 is 2.35. The second kappa shape index (κ2) is 11.2. The highest BCUT2D eigenvalue weighted by molar-refractivity contribution is 6.18. The van der Waals surface area contributed by atoms with Gasteiger partial charge in [-0.3, -0.25) is 0 Å².